The molecule has 194 valence electrons. The zero-order valence-electron chi connectivity index (χ0n) is 20.9. The number of anilines is 1. The van der Waals surface area contributed by atoms with Gasteiger partial charge in [-0.2, -0.15) is 0 Å². The van der Waals surface area contributed by atoms with Crippen LogP contribution in [0.3, 0.4) is 0 Å². The summed E-state index contributed by atoms with van der Waals surface area (Å²) >= 11 is 0. The van der Waals surface area contributed by atoms with Crippen molar-refractivity contribution in [1.82, 2.24) is 0 Å². The maximum Gasteiger partial charge on any atom is 0.271 e. The number of rotatable bonds is 8. The van der Waals surface area contributed by atoms with Crippen LogP contribution in [0.1, 0.15) is 51.1 Å². The number of nitro groups is 1. The Bertz CT molecular complexity index is 1310. The summed E-state index contributed by atoms with van der Waals surface area (Å²) in [6.45, 7) is 4.33. The molecule has 2 amide bonds. The van der Waals surface area contributed by atoms with Crippen LogP contribution in [0, 0.1) is 27.9 Å². The van der Waals surface area contributed by atoms with Gasteiger partial charge in [-0.25, -0.2) is 4.90 Å². The van der Waals surface area contributed by atoms with Gasteiger partial charge in [-0.1, -0.05) is 24.1 Å². The number of benzene rings is 1. The van der Waals surface area contributed by atoms with Crippen LogP contribution >= 0.6 is 0 Å². The van der Waals surface area contributed by atoms with Gasteiger partial charge in [-0.15, -0.1) is 0 Å². The molecule has 0 radical (unpaired) electrons. The Morgan fingerprint density at radius 3 is 2.73 bits per heavy atom. The molecule has 1 aromatic heterocycles. The van der Waals surface area contributed by atoms with E-state index < -0.39 is 16.8 Å². The first-order chi connectivity index (χ1) is 17.8. The molecule has 1 aromatic carbocycles. The molecule has 3 heterocycles. The van der Waals surface area contributed by atoms with E-state index in [0.717, 1.165) is 35.3 Å². The van der Waals surface area contributed by atoms with E-state index in [1.165, 1.54) is 23.8 Å². The van der Waals surface area contributed by atoms with Gasteiger partial charge >= 0.3 is 0 Å². The molecular weight excluding hydrogens is 476 g/mol. The fourth-order valence-electron chi connectivity index (χ4n) is 6.04. The fraction of sp³-hybridized carbons (Fsp3) is 0.429. The van der Waals surface area contributed by atoms with Crippen LogP contribution in [-0.4, -0.2) is 34.6 Å². The minimum Gasteiger partial charge on any atom is -0.459 e. The Labute approximate surface area is 214 Å². The Kier molecular flexibility index (Phi) is 6.83. The summed E-state index contributed by atoms with van der Waals surface area (Å²) < 4.78 is 11.8. The Morgan fingerprint density at radius 1 is 1.22 bits per heavy atom. The van der Waals surface area contributed by atoms with E-state index in [1.807, 2.05) is 19.1 Å². The molecule has 0 saturated carbocycles. The number of hydrogen-bond donors (Lipinski definition) is 1. The average molecular weight is 507 g/mol. The number of non-ortho nitro benzene ring substituents is 1. The summed E-state index contributed by atoms with van der Waals surface area (Å²) in [6, 6.07) is 9.27. The van der Waals surface area contributed by atoms with E-state index in [4.69, 9.17) is 9.15 Å². The second-order valence-corrected chi connectivity index (χ2v) is 9.96. The van der Waals surface area contributed by atoms with E-state index in [2.05, 4.69) is 6.92 Å². The molecule has 9 nitrogen and oxygen atoms in total. The summed E-state index contributed by atoms with van der Waals surface area (Å²) in [5.41, 5.74) is 3.53. The van der Waals surface area contributed by atoms with Crippen LogP contribution in [-0.2, 0) is 20.9 Å². The SMILES string of the molecule is CCC1=C2[C@@H](CC/C(C)=C/c3ccc(CO)o3)OC[C@@H]2[C@@H]2C(=O)N(c3cccc([N+](=O)[O-])c3)C(=O)[C@@H]2C1. The first kappa shape index (κ1) is 25.1. The topological polar surface area (TPSA) is 123 Å². The molecule has 2 saturated heterocycles. The molecule has 2 fully saturated rings. The van der Waals surface area contributed by atoms with Gasteiger partial charge < -0.3 is 14.3 Å². The smallest absolute Gasteiger partial charge is 0.271 e. The monoisotopic (exact) mass is 506 g/mol. The van der Waals surface area contributed by atoms with Gasteiger partial charge in [0.25, 0.3) is 5.69 Å². The highest BCUT2D eigenvalue weighted by molar-refractivity contribution is 6.22. The first-order valence-corrected chi connectivity index (χ1v) is 12.6. The number of aliphatic hydroxyl groups excluding tert-OH is 1. The number of carbonyl (C=O) groups excluding carboxylic acids is 2. The van der Waals surface area contributed by atoms with Crippen LogP contribution in [0.4, 0.5) is 11.4 Å². The molecule has 9 heteroatoms. The number of amides is 2. The number of hydrogen-bond acceptors (Lipinski definition) is 7. The van der Waals surface area contributed by atoms with Crippen LogP contribution in [0.15, 0.2) is 57.5 Å². The number of ether oxygens (including phenoxy) is 1. The number of aliphatic hydroxyl groups is 1. The predicted molar refractivity (Wildman–Crippen MR) is 135 cm³/mol. The van der Waals surface area contributed by atoms with Crippen molar-refractivity contribution in [2.24, 2.45) is 17.8 Å². The fourth-order valence-corrected chi connectivity index (χ4v) is 6.04. The molecule has 5 rings (SSSR count). The third-order valence-electron chi connectivity index (χ3n) is 7.76. The van der Waals surface area contributed by atoms with Crippen molar-refractivity contribution in [3.05, 3.63) is 74.8 Å². The van der Waals surface area contributed by atoms with E-state index in [-0.39, 0.29) is 41.8 Å². The van der Waals surface area contributed by atoms with Crippen molar-refractivity contribution < 1.29 is 28.8 Å². The van der Waals surface area contributed by atoms with Crippen LogP contribution < -0.4 is 4.90 Å². The molecule has 0 spiro atoms. The lowest BCUT2D eigenvalue weighted by molar-refractivity contribution is -0.384. The average Bonchev–Trinajstić information content (AvgIpc) is 3.59. The second-order valence-electron chi connectivity index (χ2n) is 9.96. The van der Waals surface area contributed by atoms with Gasteiger partial charge in [0.1, 0.15) is 18.1 Å². The highest BCUT2D eigenvalue weighted by atomic mass is 16.6. The molecule has 1 aliphatic carbocycles. The Morgan fingerprint density at radius 2 is 2.03 bits per heavy atom. The Balaban J connectivity index is 1.35. The predicted octanol–water partition coefficient (Wildman–Crippen LogP) is 4.79. The molecular formula is C28H30N2O7. The van der Waals surface area contributed by atoms with E-state index in [9.17, 15) is 24.8 Å². The maximum atomic E-state index is 13.6. The van der Waals surface area contributed by atoms with E-state index >= 15 is 0 Å². The zero-order chi connectivity index (χ0) is 26.3. The lowest BCUT2D eigenvalue weighted by Crippen LogP contribution is -2.34. The third kappa shape index (κ3) is 4.53. The van der Waals surface area contributed by atoms with Crippen molar-refractivity contribution in [2.75, 3.05) is 11.5 Å². The molecule has 2 aliphatic heterocycles. The minimum absolute atomic E-state index is 0.122. The van der Waals surface area contributed by atoms with Crippen molar-refractivity contribution in [2.45, 2.75) is 52.2 Å². The molecule has 0 bridgehead atoms. The molecule has 2 aromatic rings. The van der Waals surface area contributed by atoms with E-state index in [1.54, 1.807) is 12.1 Å². The quantitative estimate of drug-likeness (QED) is 0.236. The number of imide groups is 1. The van der Waals surface area contributed by atoms with Crippen LogP contribution in [0.25, 0.3) is 6.08 Å². The van der Waals surface area contributed by atoms with E-state index in [0.29, 0.717) is 24.5 Å². The van der Waals surface area contributed by atoms with Crippen molar-refractivity contribution in [3.8, 4) is 0 Å². The van der Waals surface area contributed by atoms with Gasteiger partial charge in [0.2, 0.25) is 11.8 Å². The van der Waals surface area contributed by atoms with Crippen LogP contribution in [0.5, 0.6) is 0 Å². The summed E-state index contributed by atoms with van der Waals surface area (Å²) in [5.74, 6) is -0.532. The second kappa shape index (κ2) is 10.1. The molecule has 3 aliphatic rings. The third-order valence-corrected chi connectivity index (χ3v) is 7.76. The number of fused-ring (bicyclic) bond motifs is 3. The van der Waals surface area contributed by atoms with Gasteiger partial charge in [-0.05, 0) is 62.5 Å². The number of nitro benzene ring substituents is 1. The van der Waals surface area contributed by atoms with Gasteiger partial charge in [0.15, 0.2) is 0 Å². The van der Waals surface area contributed by atoms with Crippen molar-refractivity contribution >= 4 is 29.3 Å². The van der Waals surface area contributed by atoms with Crippen molar-refractivity contribution in [1.29, 1.82) is 0 Å². The zero-order valence-corrected chi connectivity index (χ0v) is 20.9. The largest absolute Gasteiger partial charge is 0.459 e. The molecule has 37 heavy (non-hydrogen) atoms. The van der Waals surface area contributed by atoms with Crippen LogP contribution in [0.2, 0.25) is 0 Å². The number of furan rings is 1. The lowest BCUT2D eigenvalue weighted by Gasteiger charge is -2.31. The molecule has 1 N–H and O–H groups in total. The summed E-state index contributed by atoms with van der Waals surface area (Å²) in [6.07, 6.45) is 4.64. The Hall–Kier alpha value is -3.56. The molecule has 0 unspecified atom stereocenters. The summed E-state index contributed by atoms with van der Waals surface area (Å²) in [4.78, 5) is 38.9. The minimum atomic E-state index is -0.528. The number of allylic oxidation sites excluding steroid dienone is 2. The van der Waals surface area contributed by atoms with Gasteiger partial charge in [0.05, 0.1) is 35.2 Å². The molecule has 4 atom stereocenters. The summed E-state index contributed by atoms with van der Waals surface area (Å²) in [5, 5.41) is 20.4. The normalized spacial score (nSPS) is 25.6. The lowest BCUT2D eigenvalue weighted by atomic mass is 9.69. The van der Waals surface area contributed by atoms with Gasteiger partial charge in [-0.3, -0.25) is 19.7 Å². The number of nitrogens with zero attached hydrogens (tertiary/aromatic N) is 2. The maximum absolute atomic E-state index is 13.6. The van der Waals surface area contributed by atoms with Crippen molar-refractivity contribution in [3.63, 3.8) is 0 Å². The highest BCUT2D eigenvalue weighted by Gasteiger charge is 2.57. The van der Waals surface area contributed by atoms with Gasteiger partial charge in [0, 0.05) is 18.1 Å². The first-order valence-electron chi connectivity index (χ1n) is 12.6. The standard InChI is InChI=1S/C28H30N2O7/c1-3-17-12-22-26(28(33)29(27(22)32)18-5-4-6-19(13-18)30(34)35)23-15-36-24(25(17)23)10-7-16(2)11-20-8-9-21(14-31)37-20/h4-6,8-9,11,13,22-24,26,31H,3,7,10,12,14-15H2,1-2H3/b16-11+/t22-,23+,24-,26-/m1/s1. The highest BCUT2D eigenvalue weighted by Crippen LogP contribution is 2.51. The number of carbonyl (C=O) groups is 2. The summed E-state index contributed by atoms with van der Waals surface area (Å²) in [7, 11) is 0.